The Morgan fingerprint density at radius 1 is 1.57 bits per heavy atom. The average molecular weight is 208 g/mol. The van der Waals surface area contributed by atoms with E-state index in [-0.39, 0.29) is 5.91 Å². The van der Waals surface area contributed by atoms with Gasteiger partial charge in [0.25, 0.3) is 4.84 Å². The fraction of sp³-hybridized carbons (Fsp3) is 0.111. The Morgan fingerprint density at radius 2 is 2.36 bits per heavy atom. The number of carbonyl (C=O) groups is 1. The Morgan fingerprint density at radius 3 is 3.07 bits per heavy atom. The summed E-state index contributed by atoms with van der Waals surface area (Å²) in [6, 6.07) is 5.31. The van der Waals surface area contributed by atoms with Crippen LogP contribution in [0.25, 0.3) is 11.1 Å². The van der Waals surface area contributed by atoms with Crippen molar-refractivity contribution >= 4 is 34.9 Å². The van der Waals surface area contributed by atoms with Gasteiger partial charge < -0.3 is 14.7 Å². The van der Waals surface area contributed by atoms with Crippen LogP contribution in [-0.2, 0) is 4.79 Å². The second kappa shape index (κ2) is 3.26. The van der Waals surface area contributed by atoms with Crippen LogP contribution >= 0.6 is 12.2 Å². The number of carbonyl (C=O) groups excluding carboxylic acids is 1. The Balaban J connectivity index is 2.50. The largest absolute Gasteiger partial charge is 0.429 e. The number of anilines is 1. The number of aromatic nitrogens is 1. The lowest BCUT2D eigenvalue weighted by Gasteiger charge is -1.99. The Kier molecular flexibility index (Phi) is 2.09. The molecular weight excluding hydrogens is 200 g/mol. The molecule has 1 aromatic heterocycles. The minimum absolute atomic E-state index is 0.113. The van der Waals surface area contributed by atoms with Gasteiger partial charge in [0.05, 0.1) is 5.52 Å². The van der Waals surface area contributed by atoms with Gasteiger partial charge in [0.2, 0.25) is 5.91 Å². The van der Waals surface area contributed by atoms with Crippen LogP contribution in [0.3, 0.4) is 0 Å². The van der Waals surface area contributed by atoms with E-state index >= 15 is 0 Å². The van der Waals surface area contributed by atoms with Crippen LogP contribution in [0, 0.1) is 4.84 Å². The first-order chi connectivity index (χ1) is 6.65. The van der Waals surface area contributed by atoms with Gasteiger partial charge in [0, 0.05) is 18.7 Å². The molecule has 72 valence electrons. The second-order valence-electron chi connectivity index (χ2n) is 2.91. The maximum atomic E-state index is 10.8. The molecule has 0 saturated carbocycles. The number of nitrogens with one attached hydrogen (secondary N) is 2. The highest BCUT2D eigenvalue weighted by atomic mass is 32.1. The molecule has 1 amide bonds. The molecule has 5 heteroatoms. The SMILES string of the molecule is CC(=O)Nc1ccc2[nH]c(=S)oc2c1. The summed E-state index contributed by atoms with van der Waals surface area (Å²) < 4.78 is 5.20. The van der Waals surface area contributed by atoms with Crippen LogP contribution in [0.2, 0.25) is 0 Å². The molecule has 0 radical (unpaired) electrons. The molecule has 0 aliphatic carbocycles. The molecule has 1 aromatic carbocycles. The maximum Gasteiger partial charge on any atom is 0.266 e. The Hall–Kier alpha value is -1.62. The van der Waals surface area contributed by atoms with E-state index in [1.165, 1.54) is 6.92 Å². The molecule has 0 aliphatic rings. The van der Waals surface area contributed by atoms with Crippen molar-refractivity contribution in [2.45, 2.75) is 6.92 Å². The van der Waals surface area contributed by atoms with Crippen molar-refractivity contribution in [1.29, 1.82) is 0 Å². The van der Waals surface area contributed by atoms with Crippen molar-refractivity contribution in [3.8, 4) is 0 Å². The number of hydrogen-bond acceptors (Lipinski definition) is 3. The topological polar surface area (TPSA) is 58.0 Å². The number of aromatic amines is 1. The predicted molar refractivity (Wildman–Crippen MR) is 55.7 cm³/mol. The Labute approximate surface area is 84.9 Å². The van der Waals surface area contributed by atoms with Crippen LogP contribution in [0.4, 0.5) is 5.69 Å². The zero-order valence-electron chi connectivity index (χ0n) is 7.46. The summed E-state index contributed by atoms with van der Waals surface area (Å²) in [5.74, 6) is -0.113. The third kappa shape index (κ3) is 1.67. The number of H-pyrrole nitrogens is 1. The van der Waals surface area contributed by atoms with Gasteiger partial charge in [-0.3, -0.25) is 4.79 Å². The summed E-state index contributed by atoms with van der Waals surface area (Å²) in [7, 11) is 0. The van der Waals surface area contributed by atoms with Crippen molar-refractivity contribution in [3.63, 3.8) is 0 Å². The van der Waals surface area contributed by atoms with Gasteiger partial charge in [0.1, 0.15) is 0 Å². The second-order valence-corrected chi connectivity index (χ2v) is 3.28. The maximum absolute atomic E-state index is 10.8. The number of fused-ring (bicyclic) bond motifs is 1. The van der Waals surface area contributed by atoms with Gasteiger partial charge in [-0.25, -0.2) is 0 Å². The fourth-order valence-electron chi connectivity index (χ4n) is 1.23. The number of hydrogen-bond donors (Lipinski definition) is 2. The first kappa shape index (κ1) is 8.96. The molecule has 0 saturated heterocycles. The van der Waals surface area contributed by atoms with E-state index in [1.807, 2.05) is 0 Å². The summed E-state index contributed by atoms with van der Waals surface area (Å²) in [5.41, 5.74) is 2.16. The van der Waals surface area contributed by atoms with Crippen molar-refractivity contribution in [1.82, 2.24) is 4.98 Å². The number of benzene rings is 1. The van der Waals surface area contributed by atoms with Gasteiger partial charge >= 0.3 is 0 Å². The van der Waals surface area contributed by atoms with Gasteiger partial charge in [-0.05, 0) is 24.4 Å². The average Bonchev–Trinajstić information content (AvgIpc) is 2.42. The first-order valence-electron chi connectivity index (χ1n) is 4.05. The molecule has 4 nitrogen and oxygen atoms in total. The smallest absolute Gasteiger partial charge is 0.266 e. The summed E-state index contributed by atoms with van der Waals surface area (Å²) >= 11 is 4.83. The fourth-order valence-corrected chi connectivity index (χ4v) is 1.43. The van der Waals surface area contributed by atoms with E-state index < -0.39 is 0 Å². The number of oxazole rings is 1. The molecule has 0 fully saturated rings. The van der Waals surface area contributed by atoms with Gasteiger partial charge in [-0.1, -0.05) is 0 Å². The van der Waals surface area contributed by atoms with Crippen LogP contribution in [0.15, 0.2) is 22.6 Å². The summed E-state index contributed by atoms with van der Waals surface area (Å²) in [5, 5.41) is 2.66. The molecule has 0 spiro atoms. The van der Waals surface area contributed by atoms with Crippen molar-refractivity contribution < 1.29 is 9.21 Å². The van der Waals surface area contributed by atoms with Crippen LogP contribution < -0.4 is 5.32 Å². The van der Waals surface area contributed by atoms with Gasteiger partial charge in [-0.15, -0.1) is 0 Å². The molecule has 0 aliphatic heterocycles. The van der Waals surface area contributed by atoms with E-state index in [9.17, 15) is 4.79 Å². The third-order valence-corrected chi connectivity index (χ3v) is 1.93. The summed E-state index contributed by atoms with van der Waals surface area (Å²) in [4.78, 5) is 14.0. The van der Waals surface area contributed by atoms with E-state index in [1.54, 1.807) is 18.2 Å². The Bertz CT molecular complexity index is 541. The molecule has 1 heterocycles. The molecule has 14 heavy (non-hydrogen) atoms. The van der Waals surface area contributed by atoms with Crippen LogP contribution in [-0.4, -0.2) is 10.9 Å². The highest BCUT2D eigenvalue weighted by Crippen LogP contribution is 2.18. The van der Waals surface area contributed by atoms with Crippen molar-refractivity contribution in [2.24, 2.45) is 0 Å². The van der Waals surface area contributed by atoms with Crippen LogP contribution in [0.1, 0.15) is 6.92 Å². The lowest BCUT2D eigenvalue weighted by Crippen LogP contribution is -2.05. The van der Waals surface area contributed by atoms with E-state index in [4.69, 9.17) is 16.6 Å². The highest BCUT2D eigenvalue weighted by Gasteiger charge is 2.01. The van der Waals surface area contributed by atoms with E-state index in [0.717, 1.165) is 5.52 Å². The minimum atomic E-state index is -0.113. The molecule has 0 bridgehead atoms. The summed E-state index contributed by atoms with van der Waals surface area (Å²) in [6.07, 6.45) is 0. The normalized spacial score (nSPS) is 10.4. The molecular formula is C9H8N2O2S. The minimum Gasteiger partial charge on any atom is -0.429 e. The number of amides is 1. The quantitative estimate of drug-likeness (QED) is 0.708. The monoisotopic (exact) mass is 208 g/mol. The van der Waals surface area contributed by atoms with Gasteiger partial charge in [0.15, 0.2) is 5.58 Å². The van der Waals surface area contributed by atoms with Crippen molar-refractivity contribution in [2.75, 3.05) is 5.32 Å². The van der Waals surface area contributed by atoms with Gasteiger partial charge in [-0.2, -0.15) is 0 Å². The lowest BCUT2D eigenvalue weighted by molar-refractivity contribution is -0.114. The zero-order chi connectivity index (χ0) is 10.1. The highest BCUT2D eigenvalue weighted by molar-refractivity contribution is 7.71. The lowest BCUT2D eigenvalue weighted by atomic mass is 10.3. The van der Waals surface area contributed by atoms with Crippen LogP contribution in [0.5, 0.6) is 0 Å². The van der Waals surface area contributed by atoms with E-state index in [0.29, 0.717) is 16.1 Å². The standard InChI is InChI=1S/C9H8N2O2S/c1-5(12)10-6-2-3-7-8(4-6)13-9(14)11-7/h2-4H,1H3,(H,10,12)(H,11,14). The third-order valence-electron chi connectivity index (χ3n) is 1.74. The molecule has 2 rings (SSSR count). The summed E-state index contributed by atoms with van der Waals surface area (Å²) in [6.45, 7) is 1.46. The van der Waals surface area contributed by atoms with Crippen molar-refractivity contribution in [3.05, 3.63) is 23.0 Å². The molecule has 2 N–H and O–H groups in total. The molecule has 0 unspecified atom stereocenters. The van der Waals surface area contributed by atoms with E-state index in [2.05, 4.69) is 10.3 Å². The zero-order valence-corrected chi connectivity index (χ0v) is 8.27. The number of rotatable bonds is 1. The molecule has 2 aromatic rings. The first-order valence-corrected chi connectivity index (χ1v) is 4.46. The molecule has 0 atom stereocenters. The predicted octanol–water partition coefficient (Wildman–Crippen LogP) is 2.45.